The summed E-state index contributed by atoms with van der Waals surface area (Å²) < 4.78 is 0. The van der Waals surface area contributed by atoms with Crippen LogP contribution in [0.5, 0.6) is 0 Å². The van der Waals surface area contributed by atoms with E-state index in [9.17, 15) is 10.5 Å². The molecule has 0 bridgehead atoms. The Morgan fingerprint density at radius 2 is 0.975 bits per heavy atom. The van der Waals surface area contributed by atoms with Crippen LogP contribution in [-0.4, -0.2) is 13.1 Å². The first-order valence-electron chi connectivity index (χ1n) is 14.6. The predicted molar refractivity (Wildman–Crippen MR) is 163 cm³/mol. The van der Waals surface area contributed by atoms with Crippen LogP contribution in [-0.2, 0) is 0 Å². The Bertz CT molecular complexity index is 1800. The molecule has 4 heteroatoms. The van der Waals surface area contributed by atoms with Crippen molar-refractivity contribution in [3.05, 3.63) is 94.4 Å². The summed E-state index contributed by atoms with van der Waals surface area (Å²) in [6.45, 7) is 2.04. The quantitative estimate of drug-likeness (QED) is 0.249. The molecule has 0 N–H and O–H groups in total. The summed E-state index contributed by atoms with van der Waals surface area (Å²) >= 11 is 0. The van der Waals surface area contributed by atoms with Crippen molar-refractivity contribution in [2.45, 2.75) is 51.4 Å². The monoisotopic (exact) mass is 518 g/mol. The standard InChI is InChI=1S/C36H30N4/c37-21-23-5-13-31-27(19-23)3-1-17-39(31)33-15-9-25-8-12-30-34(16-10-26-7-11-29(33)35(25)36(26)30)40-18-2-4-28-20-24(22-38)6-14-32(28)40/h7-12,15-16,19-20H,1-6,13-14,17-18H2. The molecular weight excluding hydrogens is 488 g/mol. The van der Waals surface area contributed by atoms with Crippen molar-refractivity contribution >= 4 is 43.7 Å². The second-order valence-electron chi connectivity index (χ2n) is 11.6. The fraction of sp³-hybridized carbons (Fsp3) is 0.278. The maximum absolute atomic E-state index is 9.49. The van der Waals surface area contributed by atoms with Crippen LogP contribution < -0.4 is 9.80 Å². The third-order valence-electron chi connectivity index (χ3n) is 9.50. The van der Waals surface area contributed by atoms with Gasteiger partial charge in [-0.05, 0) is 108 Å². The minimum atomic E-state index is 0.833. The van der Waals surface area contributed by atoms with Crippen LogP contribution in [0.15, 0.2) is 94.4 Å². The Balaban J connectivity index is 1.32. The Hall–Kier alpha value is -4.54. The van der Waals surface area contributed by atoms with Gasteiger partial charge >= 0.3 is 0 Å². The lowest BCUT2D eigenvalue weighted by molar-refractivity contribution is 0.688. The molecule has 0 atom stereocenters. The fourth-order valence-electron chi connectivity index (χ4n) is 7.68. The number of anilines is 2. The summed E-state index contributed by atoms with van der Waals surface area (Å²) in [6.07, 6.45) is 12.2. The van der Waals surface area contributed by atoms with E-state index in [1.165, 1.54) is 66.2 Å². The van der Waals surface area contributed by atoms with Crippen molar-refractivity contribution in [2.24, 2.45) is 0 Å². The van der Waals surface area contributed by atoms with Crippen LogP contribution in [0.1, 0.15) is 51.4 Å². The lowest BCUT2D eigenvalue weighted by Crippen LogP contribution is -2.30. The average Bonchev–Trinajstić information content (AvgIpc) is 3.02. The van der Waals surface area contributed by atoms with E-state index in [0.717, 1.165) is 75.6 Å². The van der Waals surface area contributed by atoms with E-state index in [2.05, 4.69) is 82.6 Å². The average molecular weight is 519 g/mol. The zero-order chi connectivity index (χ0) is 26.8. The zero-order valence-corrected chi connectivity index (χ0v) is 22.6. The van der Waals surface area contributed by atoms with E-state index >= 15 is 0 Å². The first-order valence-corrected chi connectivity index (χ1v) is 14.6. The smallest absolute Gasteiger partial charge is 0.0947 e. The highest BCUT2D eigenvalue weighted by Crippen LogP contribution is 2.46. The van der Waals surface area contributed by atoms with Crippen molar-refractivity contribution in [2.75, 3.05) is 22.9 Å². The summed E-state index contributed by atoms with van der Waals surface area (Å²) in [5, 5.41) is 26.9. The van der Waals surface area contributed by atoms with Gasteiger partial charge in [-0.3, -0.25) is 0 Å². The topological polar surface area (TPSA) is 54.1 Å². The number of allylic oxidation sites excluding steroid dienone is 8. The molecule has 2 heterocycles. The number of benzene rings is 4. The van der Waals surface area contributed by atoms with Crippen LogP contribution in [0.25, 0.3) is 32.3 Å². The Morgan fingerprint density at radius 1 is 0.525 bits per heavy atom. The largest absolute Gasteiger partial charge is 0.344 e. The number of hydrogen-bond donors (Lipinski definition) is 0. The van der Waals surface area contributed by atoms with Gasteiger partial charge in [0.05, 0.1) is 12.1 Å². The van der Waals surface area contributed by atoms with Crippen LogP contribution in [0.4, 0.5) is 11.4 Å². The molecule has 0 unspecified atom stereocenters. The summed E-state index contributed by atoms with van der Waals surface area (Å²) in [7, 11) is 0. The van der Waals surface area contributed by atoms with Gasteiger partial charge in [-0.1, -0.05) is 36.4 Å². The first kappa shape index (κ1) is 23.4. The molecule has 8 rings (SSSR count). The van der Waals surface area contributed by atoms with Crippen molar-refractivity contribution < 1.29 is 0 Å². The van der Waals surface area contributed by atoms with Gasteiger partial charge in [-0.15, -0.1) is 0 Å². The molecule has 2 aliphatic heterocycles. The maximum atomic E-state index is 9.49. The molecule has 0 fully saturated rings. The summed E-state index contributed by atoms with van der Waals surface area (Å²) in [6, 6.07) is 23.3. The number of nitrogens with zero attached hydrogens (tertiary/aromatic N) is 4. The SMILES string of the molecule is N#CC1=CC2=C(CC1)N(c1ccc3ccc4c(N5CCCC6=C5CCC(C#N)=C6)ccc5ccc1c3c54)CCC2. The molecule has 0 amide bonds. The lowest BCUT2D eigenvalue weighted by Gasteiger charge is -2.37. The van der Waals surface area contributed by atoms with Crippen LogP contribution >= 0.6 is 0 Å². The van der Waals surface area contributed by atoms with E-state index in [0.29, 0.717) is 0 Å². The van der Waals surface area contributed by atoms with E-state index in [1.807, 2.05) is 0 Å². The zero-order valence-electron chi connectivity index (χ0n) is 22.6. The Labute approximate surface area is 234 Å². The molecule has 2 aliphatic carbocycles. The molecule has 0 spiro atoms. The number of rotatable bonds is 2. The van der Waals surface area contributed by atoms with Gasteiger partial charge in [0.2, 0.25) is 0 Å². The van der Waals surface area contributed by atoms with Gasteiger partial charge in [-0.25, -0.2) is 0 Å². The normalized spacial score (nSPS) is 19.4. The van der Waals surface area contributed by atoms with Gasteiger partial charge in [0, 0.05) is 57.8 Å². The van der Waals surface area contributed by atoms with Gasteiger partial charge in [0.1, 0.15) is 0 Å². The Morgan fingerprint density at radius 3 is 1.43 bits per heavy atom. The third-order valence-corrected chi connectivity index (χ3v) is 9.50. The Kier molecular flexibility index (Phi) is 5.26. The lowest BCUT2D eigenvalue weighted by atomic mass is 9.88. The minimum absolute atomic E-state index is 0.833. The van der Waals surface area contributed by atoms with Gasteiger partial charge in [0.25, 0.3) is 0 Å². The highest BCUT2D eigenvalue weighted by atomic mass is 15.2. The molecule has 0 saturated heterocycles. The van der Waals surface area contributed by atoms with E-state index in [1.54, 1.807) is 0 Å². The van der Waals surface area contributed by atoms with Crippen LogP contribution in [0.3, 0.4) is 0 Å². The summed E-state index contributed by atoms with van der Waals surface area (Å²) in [5.74, 6) is 0. The van der Waals surface area contributed by atoms with Crippen molar-refractivity contribution in [1.29, 1.82) is 10.5 Å². The van der Waals surface area contributed by atoms with E-state index < -0.39 is 0 Å². The molecular formula is C36H30N4. The molecule has 40 heavy (non-hydrogen) atoms. The van der Waals surface area contributed by atoms with Gasteiger partial charge < -0.3 is 9.80 Å². The molecule has 0 radical (unpaired) electrons. The second kappa shape index (κ2) is 9.00. The molecule has 4 nitrogen and oxygen atoms in total. The molecule has 4 aromatic carbocycles. The highest BCUT2D eigenvalue weighted by Gasteiger charge is 2.28. The fourth-order valence-corrected chi connectivity index (χ4v) is 7.68. The van der Waals surface area contributed by atoms with E-state index in [-0.39, 0.29) is 0 Å². The molecule has 0 saturated carbocycles. The van der Waals surface area contributed by atoms with Crippen molar-refractivity contribution in [1.82, 2.24) is 0 Å². The van der Waals surface area contributed by atoms with Gasteiger partial charge in [0.15, 0.2) is 0 Å². The highest BCUT2D eigenvalue weighted by molar-refractivity contribution is 6.27. The molecule has 0 aromatic heterocycles. The van der Waals surface area contributed by atoms with Gasteiger partial charge in [-0.2, -0.15) is 10.5 Å². The van der Waals surface area contributed by atoms with E-state index in [4.69, 9.17) is 0 Å². The summed E-state index contributed by atoms with van der Waals surface area (Å²) in [4.78, 5) is 5.08. The summed E-state index contributed by atoms with van der Waals surface area (Å²) in [5.41, 5.74) is 9.89. The molecule has 4 aliphatic rings. The second-order valence-corrected chi connectivity index (χ2v) is 11.6. The number of hydrogen-bond acceptors (Lipinski definition) is 4. The third kappa shape index (κ3) is 3.42. The maximum Gasteiger partial charge on any atom is 0.0947 e. The predicted octanol–water partition coefficient (Wildman–Crippen LogP) is 8.78. The molecule has 194 valence electrons. The minimum Gasteiger partial charge on any atom is -0.344 e. The van der Waals surface area contributed by atoms with Crippen LogP contribution in [0.2, 0.25) is 0 Å². The first-order chi connectivity index (χ1) is 19.7. The number of nitriles is 2. The van der Waals surface area contributed by atoms with Crippen LogP contribution in [0, 0.1) is 22.7 Å². The molecule has 4 aromatic rings. The van der Waals surface area contributed by atoms with Crippen molar-refractivity contribution in [3.63, 3.8) is 0 Å². The van der Waals surface area contributed by atoms with Crippen molar-refractivity contribution in [3.8, 4) is 12.1 Å².